The third-order valence-electron chi connectivity index (χ3n) is 3.44. The fraction of sp³-hybridized carbons (Fsp3) is 0.692. The Kier molecular flexibility index (Phi) is 4.90. The molecule has 5 nitrogen and oxygen atoms in total. The summed E-state index contributed by atoms with van der Waals surface area (Å²) in [5.74, 6) is 0.0895. The van der Waals surface area contributed by atoms with Crippen LogP contribution in [0, 0.1) is 6.92 Å². The molecule has 6 heteroatoms. The van der Waals surface area contributed by atoms with Gasteiger partial charge >= 0.3 is 0 Å². The van der Waals surface area contributed by atoms with E-state index in [1.165, 1.54) is 0 Å². The van der Waals surface area contributed by atoms with Crippen LogP contribution in [0.3, 0.4) is 0 Å². The minimum Gasteiger partial charge on any atom is -0.372 e. The Morgan fingerprint density at radius 1 is 1.47 bits per heavy atom. The highest BCUT2D eigenvalue weighted by molar-refractivity contribution is 7.09. The second-order valence-electron chi connectivity index (χ2n) is 4.84. The number of carbonyl (C=O) groups is 1. The molecule has 1 unspecified atom stereocenters. The number of hydrogen-bond acceptors (Lipinski definition) is 5. The molecule has 0 spiro atoms. The predicted octanol–water partition coefficient (Wildman–Crippen LogP) is 1.13. The Bertz CT molecular complexity index is 427. The summed E-state index contributed by atoms with van der Waals surface area (Å²) < 4.78 is 5.08. The summed E-state index contributed by atoms with van der Waals surface area (Å²) >= 11 is 1.69. The van der Waals surface area contributed by atoms with Gasteiger partial charge in [0.15, 0.2) is 0 Å². The Morgan fingerprint density at radius 3 is 2.68 bits per heavy atom. The molecule has 0 aliphatic carbocycles. The first-order chi connectivity index (χ1) is 9.10. The summed E-state index contributed by atoms with van der Waals surface area (Å²) in [5, 5.41) is 3.22. The summed E-state index contributed by atoms with van der Waals surface area (Å²) in [6, 6.07) is 0. The molecule has 0 bridgehead atoms. The standard InChI is InChI=1S/C13H21N3O2S/c1-10(18-3)13(17)16-6-4-15(5-7-16)8-12-9-19-11(2)14-12/h9-10H,4-8H2,1-3H3. The van der Waals surface area contributed by atoms with E-state index in [-0.39, 0.29) is 12.0 Å². The van der Waals surface area contributed by atoms with Gasteiger partial charge in [-0.25, -0.2) is 4.98 Å². The van der Waals surface area contributed by atoms with Crippen LogP contribution in [0.4, 0.5) is 0 Å². The molecule has 1 aliphatic heterocycles. The van der Waals surface area contributed by atoms with Gasteiger partial charge in [-0.15, -0.1) is 11.3 Å². The van der Waals surface area contributed by atoms with Gasteiger partial charge in [0.2, 0.25) is 0 Å². The number of amides is 1. The van der Waals surface area contributed by atoms with Gasteiger partial charge in [-0.05, 0) is 13.8 Å². The van der Waals surface area contributed by atoms with E-state index in [4.69, 9.17) is 4.74 Å². The number of hydrogen-bond donors (Lipinski definition) is 0. The predicted molar refractivity (Wildman–Crippen MR) is 75.2 cm³/mol. The zero-order valence-corrected chi connectivity index (χ0v) is 12.6. The smallest absolute Gasteiger partial charge is 0.251 e. The number of piperazine rings is 1. The minimum atomic E-state index is -0.340. The van der Waals surface area contributed by atoms with Crippen LogP contribution >= 0.6 is 11.3 Å². The SMILES string of the molecule is COC(C)C(=O)N1CCN(Cc2csc(C)n2)CC1. The number of ether oxygens (including phenoxy) is 1. The zero-order valence-electron chi connectivity index (χ0n) is 11.8. The summed E-state index contributed by atoms with van der Waals surface area (Å²) in [4.78, 5) is 20.7. The third kappa shape index (κ3) is 3.75. The lowest BCUT2D eigenvalue weighted by Crippen LogP contribution is -2.50. The van der Waals surface area contributed by atoms with Crippen LogP contribution in [-0.4, -0.2) is 60.1 Å². The summed E-state index contributed by atoms with van der Waals surface area (Å²) in [6.07, 6.45) is -0.340. The maximum absolute atomic E-state index is 12.0. The number of methoxy groups -OCH3 is 1. The maximum atomic E-state index is 12.0. The summed E-state index contributed by atoms with van der Waals surface area (Å²) in [5.41, 5.74) is 1.13. The molecular formula is C13H21N3O2S. The van der Waals surface area contributed by atoms with Crippen LogP contribution in [0.1, 0.15) is 17.6 Å². The average Bonchev–Trinajstić information content (AvgIpc) is 2.83. The van der Waals surface area contributed by atoms with Crippen molar-refractivity contribution in [1.29, 1.82) is 0 Å². The number of aryl methyl sites for hydroxylation is 1. The molecule has 2 rings (SSSR count). The van der Waals surface area contributed by atoms with Crippen LogP contribution in [0.5, 0.6) is 0 Å². The molecule has 1 aromatic heterocycles. The molecule has 1 aliphatic rings. The van der Waals surface area contributed by atoms with Gasteiger partial charge in [-0.2, -0.15) is 0 Å². The lowest BCUT2D eigenvalue weighted by Gasteiger charge is -2.35. The number of thiazole rings is 1. The highest BCUT2D eigenvalue weighted by Gasteiger charge is 2.24. The molecule has 0 radical (unpaired) electrons. The molecule has 0 saturated carbocycles. The normalized spacial score (nSPS) is 18.6. The molecule has 1 atom stereocenters. The van der Waals surface area contributed by atoms with Crippen LogP contribution < -0.4 is 0 Å². The van der Waals surface area contributed by atoms with E-state index in [0.29, 0.717) is 0 Å². The van der Waals surface area contributed by atoms with E-state index in [0.717, 1.165) is 43.4 Å². The number of aromatic nitrogens is 1. The van der Waals surface area contributed by atoms with E-state index in [1.807, 2.05) is 11.8 Å². The van der Waals surface area contributed by atoms with Gasteiger partial charge in [-0.1, -0.05) is 0 Å². The fourth-order valence-corrected chi connectivity index (χ4v) is 2.80. The third-order valence-corrected chi connectivity index (χ3v) is 4.26. The van der Waals surface area contributed by atoms with Crippen molar-refractivity contribution >= 4 is 17.2 Å². The first kappa shape index (κ1) is 14.4. The zero-order chi connectivity index (χ0) is 13.8. The van der Waals surface area contributed by atoms with Gasteiger partial charge < -0.3 is 9.64 Å². The van der Waals surface area contributed by atoms with Gasteiger partial charge in [0, 0.05) is 45.2 Å². The molecule has 1 fully saturated rings. The molecule has 2 heterocycles. The highest BCUT2D eigenvalue weighted by atomic mass is 32.1. The van der Waals surface area contributed by atoms with Gasteiger partial charge in [-0.3, -0.25) is 9.69 Å². The number of nitrogens with zero attached hydrogens (tertiary/aromatic N) is 3. The summed E-state index contributed by atoms with van der Waals surface area (Å²) in [7, 11) is 1.57. The Morgan fingerprint density at radius 2 is 2.16 bits per heavy atom. The second kappa shape index (κ2) is 6.45. The van der Waals surface area contributed by atoms with E-state index in [9.17, 15) is 4.79 Å². The molecule has 106 valence electrons. The van der Waals surface area contributed by atoms with E-state index < -0.39 is 0 Å². The highest BCUT2D eigenvalue weighted by Crippen LogP contribution is 2.12. The monoisotopic (exact) mass is 283 g/mol. The molecule has 0 N–H and O–H groups in total. The van der Waals surface area contributed by atoms with Crippen molar-refractivity contribution in [2.75, 3.05) is 33.3 Å². The quantitative estimate of drug-likeness (QED) is 0.831. The van der Waals surface area contributed by atoms with Crippen molar-refractivity contribution in [3.63, 3.8) is 0 Å². The topological polar surface area (TPSA) is 45.7 Å². The molecular weight excluding hydrogens is 262 g/mol. The van der Waals surface area contributed by atoms with E-state index in [2.05, 4.69) is 15.3 Å². The lowest BCUT2D eigenvalue weighted by atomic mass is 10.2. The van der Waals surface area contributed by atoms with Crippen LogP contribution in [0.15, 0.2) is 5.38 Å². The van der Waals surface area contributed by atoms with E-state index >= 15 is 0 Å². The molecule has 1 amide bonds. The lowest BCUT2D eigenvalue weighted by molar-refractivity contribution is -0.142. The largest absolute Gasteiger partial charge is 0.372 e. The van der Waals surface area contributed by atoms with Crippen molar-refractivity contribution in [3.8, 4) is 0 Å². The fourth-order valence-electron chi connectivity index (χ4n) is 2.19. The average molecular weight is 283 g/mol. The van der Waals surface area contributed by atoms with Gasteiger partial charge in [0.1, 0.15) is 6.10 Å². The Labute approximate surface area is 118 Å². The van der Waals surface area contributed by atoms with Gasteiger partial charge in [0.05, 0.1) is 10.7 Å². The Balaban J connectivity index is 1.81. The molecule has 1 saturated heterocycles. The summed E-state index contributed by atoms with van der Waals surface area (Å²) in [6.45, 7) is 8.05. The van der Waals surface area contributed by atoms with Crippen LogP contribution in [0.2, 0.25) is 0 Å². The number of carbonyl (C=O) groups excluding carboxylic acids is 1. The van der Waals surface area contributed by atoms with Crippen molar-refractivity contribution < 1.29 is 9.53 Å². The Hall–Kier alpha value is -0.980. The maximum Gasteiger partial charge on any atom is 0.251 e. The van der Waals surface area contributed by atoms with Crippen molar-refractivity contribution in [3.05, 3.63) is 16.1 Å². The van der Waals surface area contributed by atoms with E-state index in [1.54, 1.807) is 25.4 Å². The molecule has 1 aromatic rings. The van der Waals surface area contributed by atoms with Crippen molar-refractivity contribution in [1.82, 2.24) is 14.8 Å². The second-order valence-corrected chi connectivity index (χ2v) is 5.90. The number of rotatable bonds is 4. The first-order valence-electron chi connectivity index (χ1n) is 6.55. The molecule has 0 aromatic carbocycles. The van der Waals surface area contributed by atoms with Crippen LogP contribution in [-0.2, 0) is 16.1 Å². The molecule has 19 heavy (non-hydrogen) atoms. The minimum absolute atomic E-state index is 0.0895. The first-order valence-corrected chi connectivity index (χ1v) is 7.43. The van der Waals surface area contributed by atoms with Gasteiger partial charge in [0.25, 0.3) is 5.91 Å². The van der Waals surface area contributed by atoms with Crippen molar-refractivity contribution in [2.45, 2.75) is 26.5 Å². The van der Waals surface area contributed by atoms with Crippen LogP contribution in [0.25, 0.3) is 0 Å². The van der Waals surface area contributed by atoms with Crippen molar-refractivity contribution in [2.24, 2.45) is 0 Å².